The van der Waals surface area contributed by atoms with Gasteiger partial charge in [-0.25, -0.2) is 0 Å². The molecule has 0 radical (unpaired) electrons. The molecule has 1 heterocycles. The molecule has 1 amide bonds. The maximum Gasteiger partial charge on any atom is 0.237 e. The molecular weight excluding hydrogens is 244 g/mol. The van der Waals surface area contributed by atoms with E-state index in [-0.39, 0.29) is 23.6 Å². The summed E-state index contributed by atoms with van der Waals surface area (Å²) in [4.78, 5) is 12.0. The standard InChI is InChI=1S/C14H28N2O3/c1-5-6-11(2)16-13(17)12(3)15-9-14(18-4)7-8-19-10-14/h11-12,15H,5-10H2,1-4H3,(H,16,17). The summed E-state index contributed by atoms with van der Waals surface area (Å²) < 4.78 is 10.9. The highest BCUT2D eigenvalue weighted by atomic mass is 16.5. The maximum atomic E-state index is 12.0. The summed E-state index contributed by atoms with van der Waals surface area (Å²) in [6.07, 6.45) is 2.96. The van der Waals surface area contributed by atoms with Crippen LogP contribution in [0.3, 0.4) is 0 Å². The van der Waals surface area contributed by atoms with Crippen molar-refractivity contribution in [3.8, 4) is 0 Å². The highest BCUT2D eigenvalue weighted by Gasteiger charge is 2.35. The van der Waals surface area contributed by atoms with E-state index in [1.165, 1.54) is 0 Å². The Hall–Kier alpha value is -0.650. The van der Waals surface area contributed by atoms with E-state index in [1.807, 2.05) is 13.8 Å². The van der Waals surface area contributed by atoms with Crippen LogP contribution in [0.4, 0.5) is 0 Å². The second-order valence-electron chi connectivity index (χ2n) is 5.49. The van der Waals surface area contributed by atoms with Gasteiger partial charge in [0.05, 0.1) is 12.6 Å². The minimum Gasteiger partial charge on any atom is -0.378 e. The van der Waals surface area contributed by atoms with Crippen molar-refractivity contribution in [1.82, 2.24) is 10.6 Å². The number of carbonyl (C=O) groups is 1. The molecule has 1 rings (SSSR count). The Morgan fingerprint density at radius 1 is 1.47 bits per heavy atom. The van der Waals surface area contributed by atoms with E-state index in [9.17, 15) is 4.79 Å². The lowest BCUT2D eigenvalue weighted by atomic mass is 10.0. The number of amides is 1. The Morgan fingerprint density at radius 2 is 2.21 bits per heavy atom. The van der Waals surface area contributed by atoms with E-state index in [4.69, 9.17) is 9.47 Å². The van der Waals surface area contributed by atoms with Crippen molar-refractivity contribution in [1.29, 1.82) is 0 Å². The summed E-state index contributed by atoms with van der Waals surface area (Å²) >= 11 is 0. The van der Waals surface area contributed by atoms with Crippen LogP contribution in [0.1, 0.15) is 40.0 Å². The normalized spacial score (nSPS) is 26.1. The van der Waals surface area contributed by atoms with E-state index < -0.39 is 0 Å². The molecule has 3 atom stereocenters. The van der Waals surface area contributed by atoms with Crippen LogP contribution in [-0.4, -0.2) is 50.5 Å². The first-order valence-corrected chi connectivity index (χ1v) is 7.19. The largest absolute Gasteiger partial charge is 0.378 e. The molecule has 5 heteroatoms. The summed E-state index contributed by atoms with van der Waals surface area (Å²) in [7, 11) is 1.70. The molecule has 3 unspecified atom stereocenters. The van der Waals surface area contributed by atoms with Gasteiger partial charge >= 0.3 is 0 Å². The van der Waals surface area contributed by atoms with Crippen LogP contribution < -0.4 is 10.6 Å². The topological polar surface area (TPSA) is 59.6 Å². The second kappa shape index (κ2) is 7.82. The van der Waals surface area contributed by atoms with Crippen molar-refractivity contribution in [3.63, 3.8) is 0 Å². The van der Waals surface area contributed by atoms with Gasteiger partial charge < -0.3 is 20.1 Å². The first kappa shape index (κ1) is 16.4. The Labute approximate surface area is 116 Å². The minimum absolute atomic E-state index is 0.0473. The van der Waals surface area contributed by atoms with Crippen LogP contribution in [0.25, 0.3) is 0 Å². The number of ether oxygens (including phenoxy) is 2. The fourth-order valence-electron chi connectivity index (χ4n) is 2.27. The fraction of sp³-hybridized carbons (Fsp3) is 0.929. The lowest BCUT2D eigenvalue weighted by Crippen LogP contribution is -2.51. The summed E-state index contributed by atoms with van der Waals surface area (Å²) in [6.45, 7) is 8.00. The monoisotopic (exact) mass is 272 g/mol. The number of hydrogen-bond donors (Lipinski definition) is 2. The Bertz CT molecular complexity index is 278. The third-order valence-corrected chi connectivity index (χ3v) is 3.73. The van der Waals surface area contributed by atoms with E-state index in [2.05, 4.69) is 17.6 Å². The van der Waals surface area contributed by atoms with Gasteiger partial charge in [0.25, 0.3) is 0 Å². The van der Waals surface area contributed by atoms with Crippen molar-refractivity contribution in [2.24, 2.45) is 0 Å². The van der Waals surface area contributed by atoms with Crippen LogP contribution in [0.5, 0.6) is 0 Å². The molecule has 1 fully saturated rings. The molecule has 0 aromatic rings. The van der Waals surface area contributed by atoms with Crippen LogP contribution in [0, 0.1) is 0 Å². The number of nitrogens with one attached hydrogen (secondary N) is 2. The molecule has 0 spiro atoms. The molecular formula is C14H28N2O3. The summed E-state index contributed by atoms with van der Waals surface area (Å²) in [5, 5.41) is 6.26. The van der Waals surface area contributed by atoms with Gasteiger partial charge in [-0.15, -0.1) is 0 Å². The van der Waals surface area contributed by atoms with E-state index in [0.717, 1.165) is 25.9 Å². The lowest BCUT2D eigenvalue weighted by Gasteiger charge is -2.28. The highest BCUT2D eigenvalue weighted by molar-refractivity contribution is 5.81. The first-order valence-electron chi connectivity index (χ1n) is 7.19. The zero-order valence-corrected chi connectivity index (χ0v) is 12.6. The Morgan fingerprint density at radius 3 is 2.74 bits per heavy atom. The predicted molar refractivity (Wildman–Crippen MR) is 75.2 cm³/mol. The number of hydrogen-bond acceptors (Lipinski definition) is 4. The summed E-state index contributed by atoms with van der Waals surface area (Å²) in [5.41, 5.74) is -0.274. The Balaban J connectivity index is 2.33. The molecule has 0 aromatic carbocycles. The van der Waals surface area contributed by atoms with E-state index >= 15 is 0 Å². The van der Waals surface area contributed by atoms with Crippen molar-refractivity contribution in [2.75, 3.05) is 26.9 Å². The molecule has 1 saturated heterocycles. The number of carbonyl (C=O) groups excluding carboxylic acids is 1. The van der Waals surface area contributed by atoms with Crippen LogP contribution in [0.2, 0.25) is 0 Å². The summed E-state index contributed by atoms with van der Waals surface area (Å²) in [6, 6.07) is 0.0138. The van der Waals surface area contributed by atoms with Crippen molar-refractivity contribution in [2.45, 2.75) is 57.7 Å². The average Bonchev–Trinajstić information content (AvgIpc) is 2.85. The molecule has 0 saturated carbocycles. The maximum absolute atomic E-state index is 12.0. The minimum atomic E-state index is -0.274. The van der Waals surface area contributed by atoms with Gasteiger partial charge in [-0.05, 0) is 20.3 Å². The van der Waals surface area contributed by atoms with Gasteiger partial charge in [-0.2, -0.15) is 0 Å². The van der Waals surface area contributed by atoms with Gasteiger partial charge in [-0.1, -0.05) is 13.3 Å². The van der Waals surface area contributed by atoms with Crippen LogP contribution in [-0.2, 0) is 14.3 Å². The predicted octanol–water partition coefficient (Wildman–Crippen LogP) is 1.07. The smallest absolute Gasteiger partial charge is 0.237 e. The average molecular weight is 272 g/mol. The van der Waals surface area contributed by atoms with Gasteiger partial charge in [0.2, 0.25) is 5.91 Å². The van der Waals surface area contributed by atoms with Crippen molar-refractivity contribution >= 4 is 5.91 Å². The molecule has 0 aliphatic carbocycles. The molecule has 1 aliphatic rings. The van der Waals surface area contributed by atoms with Crippen LogP contribution >= 0.6 is 0 Å². The number of rotatable bonds is 8. The molecule has 5 nitrogen and oxygen atoms in total. The molecule has 0 aromatic heterocycles. The molecule has 19 heavy (non-hydrogen) atoms. The molecule has 2 N–H and O–H groups in total. The van der Waals surface area contributed by atoms with Crippen molar-refractivity contribution in [3.05, 3.63) is 0 Å². The highest BCUT2D eigenvalue weighted by Crippen LogP contribution is 2.21. The Kier molecular flexibility index (Phi) is 6.75. The van der Waals surface area contributed by atoms with E-state index in [0.29, 0.717) is 13.2 Å². The van der Waals surface area contributed by atoms with Gasteiger partial charge in [0.1, 0.15) is 5.60 Å². The quantitative estimate of drug-likeness (QED) is 0.694. The van der Waals surface area contributed by atoms with Crippen molar-refractivity contribution < 1.29 is 14.3 Å². The van der Waals surface area contributed by atoms with E-state index in [1.54, 1.807) is 7.11 Å². The van der Waals surface area contributed by atoms with Gasteiger partial charge in [0.15, 0.2) is 0 Å². The third kappa shape index (κ3) is 5.09. The number of methoxy groups -OCH3 is 1. The zero-order chi connectivity index (χ0) is 14.3. The van der Waals surface area contributed by atoms with Gasteiger partial charge in [0, 0.05) is 32.7 Å². The first-order chi connectivity index (χ1) is 9.03. The second-order valence-corrected chi connectivity index (χ2v) is 5.49. The lowest BCUT2D eigenvalue weighted by molar-refractivity contribution is -0.123. The zero-order valence-electron chi connectivity index (χ0n) is 12.6. The molecule has 1 aliphatic heterocycles. The third-order valence-electron chi connectivity index (χ3n) is 3.73. The summed E-state index contributed by atoms with van der Waals surface area (Å²) in [5.74, 6) is 0.0473. The van der Waals surface area contributed by atoms with Gasteiger partial charge in [-0.3, -0.25) is 4.79 Å². The molecule has 112 valence electrons. The van der Waals surface area contributed by atoms with Crippen LogP contribution in [0.15, 0.2) is 0 Å². The SMILES string of the molecule is CCCC(C)NC(=O)C(C)NCC1(OC)CCOC1. The fourth-order valence-corrected chi connectivity index (χ4v) is 2.27. The molecule has 0 bridgehead atoms.